The van der Waals surface area contributed by atoms with Crippen molar-refractivity contribution in [2.75, 3.05) is 0 Å². The summed E-state index contributed by atoms with van der Waals surface area (Å²) in [5, 5.41) is 5.08. The zero-order valence-corrected chi connectivity index (χ0v) is 12.4. The predicted molar refractivity (Wildman–Crippen MR) is 82.7 cm³/mol. The summed E-state index contributed by atoms with van der Waals surface area (Å²) >= 11 is 12.2. The molecule has 1 heterocycles. The molecular weight excluding hydrogens is 309 g/mol. The molecule has 106 valence electrons. The van der Waals surface area contributed by atoms with Gasteiger partial charge >= 0.3 is 0 Å². The van der Waals surface area contributed by atoms with E-state index in [1.807, 2.05) is 24.3 Å². The van der Waals surface area contributed by atoms with Gasteiger partial charge in [-0.05, 0) is 36.4 Å². The van der Waals surface area contributed by atoms with Crippen molar-refractivity contribution in [2.45, 2.75) is 6.61 Å². The Morgan fingerprint density at radius 1 is 0.952 bits per heavy atom. The maximum absolute atomic E-state index is 6.11. The molecule has 0 aliphatic carbocycles. The lowest BCUT2D eigenvalue weighted by Crippen LogP contribution is -1.97. The molecule has 0 aliphatic heterocycles. The number of halogens is 2. The molecule has 0 amide bonds. The summed E-state index contributed by atoms with van der Waals surface area (Å²) in [7, 11) is 0. The highest BCUT2D eigenvalue weighted by molar-refractivity contribution is 6.35. The third-order valence-corrected chi connectivity index (χ3v) is 3.74. The van der Waals surface area contributed by atoms with Crippen LogP contribution >= 0.6 is 23.2 Å². The molecule has 0 saturated heterocycles. The van der Waals surface area contributed by atoms with Crippen molar-refractivity contribution in [1.29, 1.82) is 0 Å². The van der Waals surface area contributed by atoms with Crippen LogP contribution in [0.5, 0.6) is 5.75 Å². The topological polar surface area (TPSA) is 35.3 Å². The highest BCUT2D eigenvalue weighted by Gasteiger charge is 2.07. The zero-order chi connectivity index (χ0) is 14.7. The van der Waals surface area contributed by atoms with Gasteiger partial charge in [-0.15, -0.1) is 0 Å². The van der Waals surface area contributed by atoms with Gasteiger partial charge in [0.1, 0.15) is 24.3 Å². The third kappa shape index (κ3) is 3.20. The van der Waals surface area contributed by atoms with Crippen molar-refractivity contribution in [1.82, 2.24) is 5.16 Å². The summed E-state index contributed by atoms with van der Waals surface area (Å²) in [5.74, 6) is 0.734. The normalized spacial score (nSPS) is 10.6. The molecule has 5 heteroatoms. The van der Waals surface area contributed by atoms with Crippen LogP contribution in [0.4, 0.5) is 0 Å². The van der Waals surface area contributed by atoms with E-state index in [0.717, 1.165) is 22.6 Å². The summed E-state index contributed by atoms with van der Waals surface area (Å²) in [6.45, 7) is 0.321. The lowest BCUT2D eigenvalue weighted by atomic mass is 10.1. The van der Waals surface area contributed by atoms with Crippen LogP contribution in [0.25, 0.3) is 11.3 Å². The van der Waals surface area contributed by atoms with E-state index in [2.05, 4.69) is 5.16 Å². The first kappa shape index (κ1) is 14.0. The van der Waals surface area contributed by atoms with Gasteiger partial charge in [0.15, 0.2) is 0 Å². The molecule has 3 rings (SSSR count). The first-order chi connectivity index (χ1) is 10.2. The van der Waals surface area contributed by atoms with Crippen molar-refractivity contribution in [3.05, 3.63) is 70.4 Å². The fourth-order valence-corrected chi connectivity index (χ4v) is 2.42. The molecule has 0 aliphatic rings. The largest absolute Gasteiger partial charge is 0.489 e. The van der Waals surface area contributed by atoms with Crippen molar-refractivity contribution in [3.8, 4) is 17.0 Å². The number of benzene rings is 2. The molecule has 0 bridgehead atoms. The Kier molecular flexibility index (Phi) is 4.13. The van der Waals surface area contributed by atoms with Crippen LogP contribution in [0, 0.1) is 0 Å². The van der Waals surface area contributed by atoms with Crippen LogP contribution in [0.3, 0.4) is 0 Å². The van der Waals surface area contributed by atoms with Crippen molar-refractivity contribution < 1.29 is 9.26 Å². The molecule has 0 saturated carbocycles. The van der Waals surface area contributed by atoms with Gasteiger partial charge in [0.2, 0.25) is 0 Å². The second-order valence-corrected chi connectivity index (χ2v) is 5.21. The van der Waals surface area contributed by atoms with E-state index in [1.54, 1.807) is 30.5 Å². The minimum absolute atomic E-state index is 0.321. The lowest BCUT2D eigenvalue weighted by molar-refractivity contribution is 0.306. The number of rotatable bonds is 4. The van der Waals surface area contributed by atoms with Crippen molar-refractivity contribution >= 4 is 23.2 Å². The summed E-state index contributed by atoms with van der Waals surface area (Å²) in [5.41, 5.74) is 2.53. The Hall–Kier alpha value is -1.97. The first-order valence-electron chi connectivity index (χ1n) is 6.30. The van der Waals surface area contributed by atoms with Gasteiger partial charge < -0.3 is 9.26 Å². The molecule has 2 aromatic carbocycles. The highest BCUT2D eigenvalue weighted by Crippen LogP contribution is 2.26. The van der Waals surface area contributed by atoms with Crippen LogP contribution in [-0.2, 0) is 6.61 Å². The number of aromatic nitrogens is 1. The number of nitrogens with zero attached hydrogens (tertiary/aromatic N) is 1. The number of ether oxygens (including phenoxy) is 1. The lowest BCUT2D eigenvalue weighted by Gasteiger charge is -2.09. The molecule has 0 unspecified atom stereocenters. The van der Waals surface area contributed by atoms with E-state index in [0.29, 0.717) is 16.7 Å². The van der Waals surface area contributed by atoms with E-state index >= 15 is 0 Å². The van der Waals surface area contributed by atoms with Crippen molar-refractivity contribution in [3.63, 3.8) is 0 Å². The Morgan fingerprint density at radius 2 is 1.67 bits per heavy atom. The number of hydrogen-bond acceptors (Lipinski definition) is 3. The van der Waals surface area contributed by atoms with Gasteiger partial charge in [0, 0.05) is 27.2 Å². The molecule has 0 N–H and O–H groups in total. The molecule has 0 spiro atoms. The molecule has 3 nitrogen and oxygen atoms in total. The van der Waals surface area contributed by atoms with E-state index in [1.165, 1.54) is 0 Å². The smallest absolute Gasteiger partial charge is 0.124 e. The molecule has 21 heavy (non-hydrogen) atoms. The number of hydrogen-bond donors (Lipinski definition) is 0. The summed E-state index contributed by atoms with van der Waals surface area (Å²) in [4.78, 5) is 0. The van der Waals surface area contributed by atoms with Gasteiger partial charge in [-0.2, -0.15) is 0 Å². The average Bonchev–Trinajstić information content (AvgIpc) is 3.02. The third-order valence-electron chi connectivity index (χ3n) is 3.03. The molecule has 0 fully saturated rings. The molecule has 1 aromatic heterocycles. The maximum Gasteiger partial charge on any atom is 0.124 e. The summed E-state index contributed by atoms with van der Waals surface area (Å²) < 4.78 is 10.5. The SMILES string of the molecule is Clc1cccc(Cl)c1COc1ccc(-c2ccon2)cc1. The Labute approximate surface area is 132 Å². The summed E-state index contributed by atoms with van der Waals surface area (Å²) in [6, 6.07) is 14.8. The molecular formula is C16H11Cl2NO2. The van der Waals surface area contributed by atoms with Gasteiger partial charge in [0.05, 0.1) is 0 Å². The van der Waals surface area contributed by atoms with Crippen LogP contribution in [-0.4, -0.2) is 5.16 Å². The first-order valence-corrected chi connectivity index (χ1v) is 7.06. The van der Waals surface area contributed by atoms with Gasteiger partial charge in [-0.1, -0.05) is 34.4 Å². The maximum atomic E-state index is 6.11. The highest BCUT2D eigenvalue weighted by atomic mass is 35.5. The van der Waals surface area contributed by atoms with E-state index in [9.17, 15) is 0 Å². The minimum Gasteiger partial charge on any atom is -0.489 e. The Morgan fingerprint density at radius 3 is 2.29 bits per heavy atom. The minimum atomic E-state index is 0.321. The standard InChI is InChI=1S/C16H11Cl2NO2/c17-14-2-1-3-15(18)13(14)10-20-12-6-4-11(5-7-12)16-8-9-21-19-16/h1-9H,10H2. The van der Waals surface area contributed by atoms with Gasteiger partial charge in [0.25, 0.3) is 0 Å². The molecule has 0 radical (unpaired) electrons. The second kappa shape index (κ2) is 6.20. The van der Waals surface area contributed by atoms with Crippen LogP contribution < -0.4 is 4.74 Å². The second-order valence-electron chi connectivity index (χ2n) is 4.40. The van der Waals surface area contributed by atoms with Crippen LogP contribution in [0.1, 0.15) is 5.56 Å². The predicted octanol–water partition coefficient (Wildman–Crippen LogP) is 5.23. The Balaban J connectivity index is 1.71. The van der Waals surface area contributed by atoms with E-state index < -0.39 is 0 Å². The van der Waals surface area contributed by atoms with E-state index in [4.69, 9.17) is 32.5 Å². The Bertz CT molecular complexity index is 704. The van der Waals surface area contributed by atoms with E-state index in [-0.39, 0.29) is 0 Å². The van der Waals surface area contributed by atoms with Crippen LogP contribution in [0.2, 0.25) is 10.0 Å². The average molecular weight is 320 g/mol. The molecule has 0 atom stereocenters. The zero-order valence-electron chi connectivity index (χ0n) is 10.9. The van der Waals surface area contributed by atoms with Gasteiger partial charge in [-0.25, -0.2) is 0 Å². The van der Waals surface area contributed by atoms with Gasteiger partial charge in [-0.3, -0.25) is 0 Å². The monoisotopic (exact) mass is 319 g/mol. The molecule has 3 aromatic rings. The fourth-order valence-electron chi connectivity index (χ4n) is 1.91. The summed E-state index contributed by atoms with van der Waals surface area (Å²) in [6.07, 6.45) is 1.54. The fraction of sp³-hybridized carbons (Fsp3) is 0.0625. The van der Waals surface area contributed by atoms with Crippen LogP contribution in [0.15, 0.2) is 59.3 Å². The quantitative estimate of drug-likeness (QED) is 0.660. The van der Waals surface area contributed by atoms with Crippen molar-refractivity contribution in [2.24, 2.45) is 0 Å².